The minimum absolute atomic E-state index is 0.319. The summed E-state index contributed by atoms with van der Waals surface area (Å²) in [6.07, 6.45) is 5.14. The monoisotopic (exact) mass is 198 g/mol. The highest BCUT2D eigenvalue weighted by Crippen LogP contribution is 2.16. The van der Waals surface area contributed by atoms with Crippen LogP contribution in [0.4, 0.5) is 0 Å². The molecule has 0 radical (unpaired) electrons. The molecule has 1 atom stereocenters. The topological polar surface area (TPSA) is 35.8 Å². The first-order valence-electron chi connectivity index (χ1n) is 4.82. The number of nitrogens with zero attached hydrogens (tertiary/aromatic N) is 1. The van der Waals surface area contributed by atoms with E-state index in [1.807, 2.05) is 25.1 Å². The average molecular weight is 198 g/mol. The Kier molecular flexibility index (Phi) is 3.92. The van der Waals surface area contributed by atoms with Gasteiger partial charge in [0.1, 0.15) is 6.04 Å². The van der Waals surface area contributed by atoms with Crippen LogP contribution in [0.5, 0.6) is 0 Å². The van der Waals surface area contributed by atoms with Gasteiger partial charge in [0.2, 0.25) is 0 Å². The van der Waals surface area contributed by atoms with Crippen LogP contribution >= 0.6 is 0 Å². The van der Waals surface area contributed by atoms with Crippen LogP contribution in [0.1, 0.15) is 22.7 Å². The van der Waals surface area contributed by atoms with Crippen LogP contribution in [0.2, 0.25) is 0 Å². The third-order valence-corrected chi connectivity index (χ3v) is 2.40. The fourth-order valence-corrected chi connectivity index (χ4v) is 1.34. The number of nitriles is 1. The van der Waals surface area contributed by atoms with Gasteiger partial charge in [-0.05, 0) is 30.5 Å². The Hall–Kier alpha value is -1.77. The maximum absolute atomic E-state index is 8.99. The van der Waals surface area contributed by atoms with Crippen LogP contribution < -0.4 is 5.32 Å². The van der Waals surface area contributed by atoms with E-state index in [-0.39, 0.29) is 6.04 Å². The summed E-state index contributed by atoms with van der Waals surface area (Å²) in [4.78, 5) is 0. The maximum Gasteiger partial charge on any atom is 0.122 e. The second-order valence-corrected chi connectivity index (χ2v) is 3.49. The fourth-order valence-electron chi connectivity index (χ4n) is 1.34. The van der Waals surface area contributed by atoms with E-state index in [0.717, 1.165) is 5.56 Å². The summed E-state index contributed by atoms with van der Waals surface area (Å²) in [7, 11) is 0. The number of hydrogen-bond acceptors (Lipinski definition) is 2. The minimum atomic E-state index is -0.319. The Labute approximate surface area is 90.9 Å². The molecule has 0 amide bonds. The summed E-state index contributed by atoms with van der Waals surface area (Å²) in [6, 6.07) is 7.87. The average Bonchev–Trinajstić information content (AvgIpc) is 2.24. The lowest BCUT2D eigenvalue weighted by molar-refractivity contribution is 0.690. The molecule has 0 aliphatic heterocycles. The van der Waals surface area contributed by atoms with Crippen molar-refractivity contribution in [3.05, 3.63) is 34.9 Å². The molecular formula is C13H14N2. The van der Waals surface area contributed by atoms with Gasteiger partial charge >= 0.3 is 0 Å². The minimum Gasteiger partial charge on any atom is -0.287 e. The van der Waals surface area contributed by atoms with Crippen molar-refractivity contribution in [1.82, 2.24) is 5.32 Å². The standard InChI is InChI=1S/C13H14N2/c1-4-7-15-13(9-14)12-6-5-10(2)11(3)8-12/h1,5-6,8,13,15H,7H2,2-3H3. The molecule has 15 heavy (non-hydrogen) atoms. The molecular weight excluding hydrogens is 184 g/mol. The van der Waals surface area contributed by atoms with Gasteiger partial charge in [-0.2, -0.15) is 5.26 Å². The van der Waals surface area contributed by atoms with Crippen molar-refractivity contribution >= 4 is 0 Å². The predicted octanol–water partition coefficient (Wildman–Crippen LogP) is 2.09. The summed E-state index contributed by atoms with van der Waals surface area (Å²) in [5, 5.41) is 12.0. The van der Waals surface area contributed by atoms with Crippen LogP contribution in [-0.4, -0.2) is 6.54 Å². The maximum atomic E-state index is 8.99. The van der Waals surface area contributed by atoms with Crippen molar-refractivity contribution in [3.63, 3.8) is 0 Å². The first-order valence-corrected chi connectivity index (χ1v) is 4.82. The van der Waals surface area contributed by atoms with Crippen molar-refractivity contribution in [2.24, 2.45) is 0 Å². The lowest BCUT2D eigenvalue weighted by Crippen LogP contribution is -2.20. The van der Waals surface area contributed by atoms with Gasteiger partial charge < -0.3 is 0 Å². The van der Waals surface area contributed by atoms with Gasteiger partial charge in [-0.3, -0.25) is 5.32 Å². The van der Waals surface area contributed by atoms with E-state index in [0.29, 0.717) is 6.54 Å². The van der Waals surface area contributed by atoms with E-state index in [2.05, 4.69) is 24.2 Å². The molecule has 1 N–H and O–H groups in total. The second kappa shape index (κ2) is 5.20. The van der Waals surface area contributed by atoms with Gasteiger partial charge in [0.15, 0.2) is 0 Å². The molecule has 0 aliphatic carbocycles. The third-order valence-electron chi connectivity index (χ3n) is 2.40. The predicted molar refractivity (Wildman–Crippen MR) is 61.1 cm³/mol. The summed E-state index contributed by atoms with van der Waals surface area (Å²) in [6.45, 7) is 4.50. The molecule has 76 valence electrons. The van der Waals surface area contributed by atoms with Crippen molar-refractivity contribution < 1.29 is 0 Å². The molecule has 0 aromatic heterocycles. The molecule has 0 saturated carbocycles. The molecule has 2 heteroatoms. The highest BCUT2D eigenvalue weighted by molar-refractivity contribution is 5.33. The van der Waals surface area contributed by atoms with E-state index >= 15 is 0 Å². The Morgan fingerprint density at radius 3 is 2.67 bits per heavy atom. The number of rotatable bonds is 3. The normalized spacial score (nSPS) is 11.5. The Morgan fingerprint density at radius 2 is 2.13 bits per heavy atom. The number of hydrogen-bond donors (Lipinski definition) is 1. The SMILES string of the molecule is C#CCNC(C#N)c1ccc(C)c(C)c1. The number of nitrogens with one attached hydrogen (secondary N) is 1. The van der Waals surface area contributed by atoms with E-state index in [4.69, 9.17) is 11.7 Å². The summed E-state index contributed by atoms with van der Waals surface area (Å²) < 4.78 is 0. The van der Waals surface area contributed by atoms with Crippen LogP contribution in [-0.2, 0) is 0 Å². The van der Waals surface area contributed by atoms with Crippen LogP contribution in [0.25, 0.3) is 0 Å². The summed E-state index contributed by atoms with van der Waals surface area (Å²) >= 11 is 0. The zero-order valence-electron chi connectivity index (χ0n) is 9.04. The molecule has 1 aromatic carbocycles. The molecule has 2 nitrogen and oxygen atoms in total. The molecule has 1 aromatic rings. The smallest absolute Gasteiger partial charge is 0.122 e. The Bertz CT molecular complexity index is 421. The largest absolute Gasteiger partial charge is 0.287 e. The Balaban J connectivity index is 2.89. The number of benzene rings is 1. The second-order valence-electron chi connectivity index (χ2n) is 3.49. The number of terminal acetylenes is 1. The fraction of sp³-hybridized carbons (Fsp3) is 0.308. The molecule has 0 bridgehead atoms. The molecule has 1 unspecified atom stereocenters. The highest BCUT2D eigenvalue weighted by Gasteiger charge is 2.09. The third kappa shape index (κ3) is 2.84. The zero-order valence-corrected chi connectivity index (χ0v) is 9.04. The van der Waals surface area contributed by atoms with Crippen molar-refractivity contribution in [3.8, 4) is 18.4 Å². The molecule has 0 saturated heterocycles. The summed E-state index contributed by atoms with van der Waals surface area (Å²) in [5.74, 6) is 2.47. The van der Waals surface area contributed by atoms with Gasteiger partial charge in [-0.1, -0.05) is 24.1 Å². The molecule has 0 fully saturated rings. The van der Waals surface area contributed by atoms with E-state index < -0.39 is 0 Å². The molecule has 0 aliphatic rings. The highest BCUT2D eigenvalue weighted by atomic mass is 14.9. The van der Waals surface area contributed by atoms with Gasteiger partial charge in [0.25, 0.3) is 0 Å². The van der Waals surface area contributed by atoms with Crippen molar-refractivity contribution in [2.45, 2.75) is 19.9 Å². The van der Waals surface area contributed by atoms with Gasteiger partial charge in [0.05, 0.1) is 12.6 Å². The quantitative estimate of drug-likeness (QED) is 0.755. The molecule has 0 heterocycles. The van der Waals surface area contributed by atoms with Crippen molar-refractivity contribution in [2.75, 3.05) is 6.54 Å². The Morgan fingerprint density at radius 1 is 1.40 bits per heavy atom. The lowest BCUT2D eigenvalue weighted by atomic mass is 10.0. The molecule has 0 spiro atoms. The van der Waals surface area contributed by atoms with E-state index in [1.165, 1.54) is 11.1 Å². The molecule has 1 rings (SSSR count). The van der Waals surface area contributed by atoms with Gasteiger partial charge in [-0.25, -0.2) is 0 Å². The first kappa shape index (κ1) is 11.3. The van der Waals surface area contributed by atoms with Crippen molar-refractivity contribution in [1.29, 1.82) is 5.26 Å². The van der Waals surface area contributed by atoms with Crippen LogP contribution in [0, 0.1) is 37.5 Å². The zero-order chi connectivity index (χ0) is 11.3. The van der Waals surface area contributed by atoms with Gasteiger partial charge in [-0.15, -0.1) is 6.42 Å². The van der Waals surface area contributed by atoms with Crippen LogP contribution in [0.15, 0.2) is 18.2 Å². The van der Waals surface area contributed by atoms with Gasteiger partial charge in [0, 0.05) is 0 Å². The number of aryl methyl sites for hydroxylation is 2. The van der Waals surface area contributed by atoms with E-state index in [1.54, 1.807) is 0 Å². The van der Waals surface area contributed by atoms with E-state index in [9.17, 15) is 0 Å². The first-order chi connectivity index (χ1) is 7.19. The lowest BCUT2D eigenvalue weighted by Gasteiger charge is -2.11. The summed E-state index contributed by atoms with van der Waals surface area (Å²) in [5.41, 5.74) is 3.39. The van der Waals surface area contributed by atoms with Crippen LogP contribution in [0.3, 0.4) is 0 Å².